The number of aliphatic carboxylic acids is 1. The first kappa shape index (κ1) is 26.2. The van der Waals surface area contributed by atoms with E-state index in [1.807, 2.05) is 60.7 Å². The molecule has 2 atom stereocenters. The van der Waals surface area contributed by atoms with Crippen LogP contribution in [0.1, 0.15) is 38.3 Å². The van der Waals surface area contributed by atoms with Crippen molar-refractivity contribution in [3.8, 4) is 0 Å². The summed E-state index contributed by atoms with van der Waals surface area (Å²) in [6.07, 6.45) is -1.11. The van der Waals surface area contributed by atoms with Gasteiger partial charge in [-0.15, -0.1) is 0 Å². The Kier molecular flexibility index (Phi) is 8.88. The van der Waals surface area contributed by atoms with E-state index in [-0.39, 0.29) is 25.8 Å². The standard InChI is InChI=1S/C25H32N2O7Si/c1-25(2,3)34-23(30)26-18-35(15-14-21(26)22(28)29)27(33-17-20-12-8-5-9-13-20)24(31)32-16-19-10-6-4-7-11-19/h4-13,21,35H,14-18H2,1-3H3,(H,28,29)/t21-,35+/m1/s1. The average Bonchev–Trinajstić information content (AvgIpc) is 2.83. The summed E-state index contributed by atoms with van der Waals surface area (Å²) in [6, 6.07) is 18.1. The minimum absolute atomic E-state index is 0.0690. The summed E-state index contributed by atoms with van der Waals surface area (Å²) in [6.45, 7) is 5.36. The van der Waals surface area contributed by atoms with Crippen molar-refractivity contribution < 1.29 is 33.8 Å². The second-order valence-electron chi connectivity index (χ2n) is 9.34. The summed E-state index contributed by atoms with van der Waals surface area (Å²) in [4.78, 5) is 45.0. The number of nitrogens with zero attached hydrogens (tertiary/aromatic N) is 2. The molecule has 2 amide bonds. The first-order valence-electron chi connectivity index (χ1n) is 11.5. The van der Waals surface area contributed by atoms with Crippen LogP contribution in [0.15, 0.2) is 60.7 Å². The van der Waals surface area contributed by atoms with Crippen molar-refractivity contribution in [1.82, 2.24) is 9.63 Å². The lowest BCUT2D eigenvalue weighted by atomic mass is 10.2. The lowest BCUT2D eigenvalue weighted by Crippen LogP contribution is -2.60. The van der Waals surface area contributed by atoms with Gasteiger partial charge in [0.15, 0.2) is 0 Å². The Morgan fingerprint density at radius 2 is 1.57 bits per heavy atom. The van der Waals surface area contributed by atoms with E-state index in [1.165, 1.54) is 9.63 Å². The average molecular weight is 501 g/mol. The van der Waals surface area contributed by atoms with Crippen molar-refractivity contribution in [3.05, 3.63) is 71.8 Å². The minimum atomic E-state index is -2.33. The fourth-order valence-corrected chi connectivity index (χ4v) is 6.51. The van der Waals surface area contributed by atoms with E-state index in [9.17, 15) is 19.5 Å². The topological polar surface area (TPSA) is 106 Å². The quantitative estimate of drug-likeness (QED) is 0.450. The molecule has 1 aliphatic heterocycles. The number of benzene rings is 2. The number of amides is 2. The number of carboxylic acids is 1. The molecule has 0 saturated carbocycles. The van der Waals surface area contributed by atoms with Crippen molar-refractivity contribution in [2.24, 2.45) is 0 Å². The summed E-state index contributed by atoms with van der Waals surface area (Å²) < 4.78 is 12.2. The van der Waals surface area contributed by atoms with Crippen LogP contribution in [0.25, 0.3) is 0 Å². The van der Waals surface area contributed by atoms with Crippen molar-refractivity contribution in [3.63, 3.8) is 0 Å². The van der Waals surface area contributed by atoms with E-state index in [0.717, 1.165) is 11.1 Å². The van der Waals surface area contributed by atoms with Gasteiger partial charge in [-0.2, -0.15) is 0 Å². The molecule has 1 saturated heterocycles. The maximum atomic E-state index is 13.1. The molecule has 188 valence electrons. The van der Waals surface area contributed by atoms with Crippen LogP contribution in [0, 0.1) is 0 Å². The monoisotopic (exact) mass is 500 g/mol. The number of rotatable bonds is 7. The largest absolute Gasteiger partial charge is 0.480 e. The predicted octanol–water partition coefficient (Wildman–Crippen LogP) is 4.11. The van der Waals surface area contributed by atoms with Crippen molar-refractivity contribution in [2.45, 2.75) is 58.1 Å². The van der Waals surface area contributed by atoms with Gasteiger partial charge in [0.2, 0.25) is 8.96 Å². The zero-order chi connectivity index (χ0) is 25.4. The fourth-order valence-electron chi connectivity index (χ4n) is 3.73. The smallest absolute Gasteiger partial charge is 0.425 e. The molecule has 1 fully saturated rings. The van der Waals surface area contributed by atoms with Crippen LogP contribution >= 0.6 is 0 Å². The van der Waals surface area contributed by atoms with E-state index < -0.39 is 38.8 Å². The molecule has 1 heterocycles. The van der Waals surface area contributed by atoms with Gasteiger partial charge >= 0.3 is 18.2 Å². The number of carbonyl (C=O) groups excluding carboxylic acids is 2. The molecule has 0 bridgehead atoms. The van der Waals surface area contributed by atoms with Gasteiger partial charge in [-0.3, -0.25) is 9.74 Å². The number of hydrogen-bond acceptors (Lipinski definition) is 6. The zero-order valence-electron chi connectivity index (χ0n) is 20.3. The number of carbonyl (C=O) groups is 3. The second-order valence-corrected chi connectivity index (χ2v) is 12.1. The molecule has 2 aromatic rings. The minimum Gasteiger partial charge on any atom is -0.480 e. The molecule has 3 rings (SSSR count). The highest BCUT2D eigenvalue weighted by Crippen LogP contribution is 2.24. The van der Waals surface area contributed by atoms with Crippen molar-refractivity contribution >= 4 is 27.1 Å². The van der Waals surface area contributed by atoms with Gasteiger partial charge in [-0.05, 0) is 44.4 Å². The van der Waals surface area contributed by atoms with Gasteiger partial charge in [0, 0.05) is 6.17 Å². The molecule has 1 aliphatic rings. The maximum Gasteiger partial charge on any atom is 0.425 e. The fraction of sp³-hybridized carbons (Fsp3) is 0.400. The highest BCUT2D eigenvalue weighted by Gasteiger charge is 2.43. The van der Waals surface area contributed by atoms with Crippen LogP contribution in [0.2, 0.25) is 6.04 Å². The van der Waals surface area contributed by atoms with Crippen LogP contribution in [0.3, 0.4) is 0 Å². The van der Waals surface area contributed by atoms with Crippen LogP contribution in [0.5, 0.6) is 0 Å². The Morgan fingerprint density at radius 1 is 1.00 bits per heavy atom. The maximum absolute atomic E-state index is 13.1. The predicted molar refractivity (Wildman–Crippen MR) is 131 cm³/mol. The van der Waals surface area contributed by atoms with Crippen LogP contribution in [0.4, 0.5) is 9.59 Å². The van der Waals surface area contributed by atoms with E-state index in [2.05, 4.69) is 0 Å². The van der Waals surface area contributed by atoms with Crippen LogP contribution in [-0.4, -0.2) is 59.7 Å². The third-order valence-electron chi connectivity index (χ3n) is 5.40. The summed E-state index contributed by atoms with van der Waals surface area (Å²) in [5.74, 6) is -1.10. The Hall–Kier alpha value is -3.37. The van der Waals surface area contributed by atoms with Gasteiger partial charge < -0.3 is 14.6 Å². The molecule has 0 radical (unpaired) electrons. The van der Waals surface area contributed by atoms with Gasteiger partial charge in [0.25, 0.3) is 0 Å². The molecule has 2 aromatic carbocycles. The Morgan fingerprint density at radius 3 is 2.11 bits per heavy atom. The molecular formula is C25H32N2O7Si. The van der Waals surface area contributed by atoms with E-state index in [4.69, 9.17) is 14.3 Å². The SMILES string of the molecule is CC(C)(C)OC(=O)N1C[Si@@H](N(OCc2ccccc2)C(=O)OCc2ccccc2)CC[C@@H]1C(=O)O. The first-order valence-corrected chi connectivity index (χ1v) is 13.7. The Labute approximate surface area is 206 Å². The van der Waals surface area contributed by atoms with Crippen molar-refractivity contribution in [2.75, 3.05) is 6.17 Å². The van der Waals surface area contributed by atoms with E-state index >= 15 is 0 Å². The molecule has 0 aliphatic carbocycles. The molecule has 0 spiro atoms. The number of hydrogen-bond donors (Lipinski definition) is 1. The summed E-state index contributed by atoms with van der Waals surface area (Å²) in [5.41, 5.74) is 0.910. The lowest BCUT2D eigenvalue weighted by Gasteiger charge is -2.40. The molecule has 0 unspecified atom stereocenters. The first-order chi connectivity index (χ1) is 16.6. The number of ether oxygens (including phenoxy) is 2. The third kappa shape index (κ3) is 7.83. The summed E-state index contributed by atoms with van der Waals surface area (Å²) >= 11 is 0. The highest BCUT2D eigenvalue weighted by atomic mass is 28.3. The van der Waals surface area contributed by atoms with Crippen LogP contribution in [-0.2, 0) is 32.3 Å². The van der Waals surface area contributed by atoms with Gasteiger partial charge in [0.1, 0.15) is 18.2 Å². The molecular weight excluding hydrogens is 468 g/mol. The second kappa shape index (κ2) is 11.9. The lowest BCUT2D eigenvalue weighted by molar-refractivity contribution is -0.143. The number of hydroxylamine groups is 1. The molecule has 35 heavy (non-hydrogen) atoms. The summed E-state index contributed by atoms with van der Waals surface area (Å²) in [7, 11) is -2.33. The third-order valence-corrected chi connectivity index (χ3v) is 8.24. The Bertz CT molecular complexity index is 998. The van der Waals surface area contributed by atoms with Gasteiger partial charge in [-0.1, -0.05) is 60.7 Å². The zero-order valence-corrected chi connectivity index (χ0v) is 21.4. The van der Waals surface area contributed by atoms with E-state index in [0.29, 0.717) is 6.04 Å². The van der Waals surface area contributed by atoms with Crippen LogP contribution < -0.4 is 0 Å². The molecule has 0 aromatic heterocycles. The Balaban J connectivity index is 1.77. The van der Waals surface area contributed by atoms with E-state index in [1.54, 1.807) is 20.8 Å². The van der Waals surface area contributed by atoms with Gasteiger partial charge in [0.05, 0.1) is 6.61 Å². The summed E-state index contributed by atoms with van der Waals surface area (Å²) in [5, 5.41) is 9.68. The molecule has 9 nitrogen and oxygen atoms in total. The van der Waals surface area contributed by atoms with Crippen molar-refractivity contribution in [1.29, 1.82) is 0 Å². The molecule has 10 heteroatoms. The van der Waals surface area contributed by atoms with Gasteiger partial charge in [-0.25, -0.2) is 19.1 Å². The molecule has 1 N–H and O–H groups in total. The number of carboxylic acid groups (broad SMARTS) is 1. The normalized spacial score (nSPS) is 18.0. The highest BCUT2D eigenvalue weighted by molar-refractivity contribution is 6.58.